The van der Waals surface area contributed by atoms with Crippen LogP contribution in [0.1, 0.15) is 12.8 Å². The molecule has 0 aromatic rings. The topological polar surface area (TPSA) is 30.0 Å². The fourth-order valence-electron chi connectivity index (χ4n) is 2.85. The minimum atomic E-state index is 0.300. The summed E-state index contributed by atoms with van der Waals surface area (Å²) in [7, 11) is 2.22. The van der Waals surface area contributed by atoms with Crippen molar-refractivity contribution in [1.29, 1.82) is 0 Å². The number of likely N-dealkylation sites (tertiary alicyclic amines) is 1. The van der Waals surface area contributed by atoms with Crippen LogP contribution >= 0.6 is 0 Å². The first-order valence-electron chi connectivity index (χ1n) is 6.55. The number of β-amino-alcohol motifs (C(OH)–C–C–N with tert-alkyl or cyclic N) is 1. The van der Waals surface area contributed by atoms with E-state index in [1.807, 2.05) is 0 Å². The molecule has 0 radical (unpaired) electrons. The van der Waals surface area contributed by atoms with Crippen LogP contribution in [0.4, 0.5) is 0 Å². The van der Waals surface area contributed by atoms with Gasteiger partial charge < -0.3 is 10.0 Å². The van der Waals surface area contributed by atoms with E-state index in [0.29, 0.717) is 6.61 Å². The zero-order valence-corrected chi connectivity index (χ0v) is 10.4. The van der Waals surface area contributed by atoms with Crippen LogP contribution in [-0.2, 0) is 0 Å². The average Bonchev–Trinajstić information content (AvgIpc) is 2.32. The molecule has 0 aromatic heterocycles. The van der Waals surface area contributed by atoms with Gasteiger partial charge >= 0.3 is 0 Å². The van der Waals surface area contributed by atoms with E-state index in [0.717, 1.165) is 25.7 Å². The summed E-state index contributed by atoms with van der Waals surface area (Å²) in [4.78, 5) is 7.45. The Balaban J connectivity index is 1.72. The maximum absolute atomic E-state index is 8.90. The zero-order chi connectivity index (χ0) is 11.4. The second-order valence-electron chi connectivity index (χ2n) is 5.14. The standard InChI is InChI=1S/C12H25N3O/c1-13-4-2-12(3-5-13)15-8-6-14(7-9-15)10-11-16/h12,16H,2-11H2,1H3. The van der Waals surface area contributed by atoms with E-state index in [4.69, 9.17) is 5.11 Å². The quantitative estimate of drug-likeness (QED) is 0.716. The summed E-state index contributed by atoms with van der Waals surface area (Å²) in [6, 6.07) is 0.812. The Morgan fingerprint density at radius 2 is 1.62 bits per heavy atom. The molecule has 2 saturated heterocycles. The third-order valence-corrected chi connectivity index (χ3v) is 4.03. The molecule has 0 atom stereocenters. The van der Waals surface area contributed by atoms with Gasteiger partial charge in [0.1, 0.15) is 0 Å². The number of aliphatic hydroxyl groups is 1. The van der Waals surface area contributed by atoms with Crippen LogP contribution in [0.25, 0.3) is 0 Å². The normalized spacial score (nSPS) is 27.4. The van der Waals surface area contributed by atoms with E-state index in [2.05, 4.69) is 21.7 Å². The molecule has 2 heterocycles. The molecule has 1 N–H and O–H groups in total. The monoisotopic (exact) mass is 227 g/mol. The van der Waals surface area contributed by atoms with Gasteiger partial charge in [0.05, 0.1) is 6.61 Å². The molecule has 0 aliphatic carbocycles. The van der Waals surface area contributed by atoms with E-state index in [9.17, 15) is 0 Å². The number of hydrogen-bond donors (Lipinski definition) is 1. The lowest BCUT2D eigenvalue weighted by Gasteiger charge is -2.42. The lowest BCUT2D eigenvalue weighted by Crippen LogP contribution is -2.53. The Morgan fingerprint density at radius 3 is 2.19 bits per heavy atom. The van der Waals surface area contributed by atoms with Crippen LogP contribution in [0.5, 0.6) is 0 Å². The smallest absolute Gasteiger partial charge is 0.0558 e. The maximum atomic E-state index is 8.90. The minimum absolute atomic E-state index is 0.300. The zero-order valence-electron chi connectivity index (χ0n) is 10.4. The molecule has 0 saturated carbocycles. The van der Waals surface area contributed by atoms with E-state index in [1.54, 1.807) is 0 Å². The second-order valence-corrected chi connectivity index (χ2v) is 5.14. The molecule has 0 unspecified atom stereocenters. The van der Waals surface area contributed by atoms with Crippen LogP contribution < -0.4 is 0 Å². The molecule has 0 spiro atoms. The number of hydrogen-bond acceptors (Lipinski definition) is 4. The van der Waals surface area contributed by atoms with Crippen molar-refractivity contribution in [3.8, 4) is 0 Å². The van der Waals surface area contributed by atoms with Crippen molar-refractivity contribution in [2.75, 3.05) is 59.5 Å². The lowest BCUT2D eigenvalue weighted by molar-refractivity contribution is 0.0578. The average molecular weight is 227 g/mol. The molecule has 4 nitrogen and oxygen atoms in total. The van der Waals surface area contributed by atoms with Crippen molar-refractivity contribution in [2.45, 2.75) is 18.9 Å². The maximum Gasteiger partial charge on any atom is 0.0558 e. The van der Waals surface area contributed by atoms with E-state index in [-0.39, 0.29) is 0 Å². The van der Waals surface area contributed by atoms with Gasteiger partial charge in [-0.15, -0.1) is 0 Å². The molecule has 4 heteroatoms. The summed E-state index contributed by atoms with van der Waals surface area (Å²) >= 11 is 0. The number of piperazine rings is 1. The Morgan fingerprint density at radius 1 is 1.00 bits per heavy atom. The molecule has 0 amide bonds. The van der Waals surface area contributed by atoms with Gasteiger partial charge in [-0.2, -0.15) is 0 Å². The Bertz CT molecular complexity index is 196. The van der Waals surface area contributed by atoms with Crippen LogP contribution in [0.2, 0.25) is 0 Å². The highest BCUT2D eigenvalue weighted by Crippen LogP contribution is 2.17. The number of aliphatic hydroxyl groups excluding tert-OH is 1. The highest BCUT2D eigenvalue weighted by Gasteiger charge is 2.25. The summed E-state index contributed by atoms with van der Waals surface area (Å²) in [5.41, 5.74) is 0. The Labute approximate surface area is 98.8 Å². The van der Waals surface area contributed by atoms with Crippen molar-refractivity contribution in [2.24, 2.45) is 0 Å². The van der Waals surface area contributed by atoms with Crippen molar-refractivity contribution in [3.63, 3.8) is 0 Å². The number of rotatable bonds is 3. The van der Waals surface area contributed by atoms with Gasteiger partial charge in [-0.05, 0) is 33.0 Å². The molecular formula is C12H25N3O. The summed E-state index contributed by atoms with van der Waals surface area (Å²) in [6.07, 6.45) is 2.66. The van der Waals surface area contributed by atoms with Crippen molar-refractivity contribution in [3.05, 3.63) is 0 Å². The highest BCUT2D eigenvalue weighted by atomic mass is 16.3. The number of piperidine rings is 1. The summed E-state index contributed by atoms with van der Waals surface area (Å²) < 4.78 is 0. The lowest BCUT2D eigenvalue weighted by atomic mass is 10.0. The van der Waals surface area contributed by atoms with Gasteiger partial charge in [-0.25, -0.2) is 0 Å². The molecule has 94 valence electrons. The molecule has 16 heavy (non-hydrogen) atoms. The van der Waals surface area contributed by atoms with Gasteiger partial charge in [0.25, 0.3) is 0 Å². The molecule has 2 rings (SSSR count). The molecule has 0 aromatic carbocycles. The number of nitrogens with zero attached hydrogens (tertiary/aromatic N) is 3. The van der Waals surface area contributed by atoms with Gasteiger partial charge in [0.15, 0.2) is 0 Å². The third-order valence-electron chi connectivity index (χ3n) is 4.03. The van der Waals surface area contributed by atoms with Gasteiger partial charge in [0.2, 0.25) is 0 Å². The predicted octanol–water partition coefficient (Wildman–Crippen LogP) is -0.309. The Hall–Kier alpha value is -0.160. The summed E-state index contributed by atoms with van der Waals surface area (Å²) in [6.45, 7) is 8.29. The molecule has 2 fully saturated rings. The molecule has 2 aliphatic heterocycles. The minimum Gasteiger partial charge on any atom is -0.395 e. The largest absolute Gasteiger partial charge is 0.395 e. The van der Waals surface area contributed by atoms with Gasteiger partial charge in [-0.1, -0.05) is 0 Å². The molecular weight excluding hydrogens is 202 g/mol. The highest BCUT2D eigenvalue weighted by molar-refractivity contribution is 4.82. The first-order valence-corrected chi connectivity index (χ1v) is 6.55. The predicted molar refractivity (Wildman–Crippen MR) is 65.6 cm³/mol. The van der Waals surface area contributed by atoms with E-state index < -0.39 is 0 Å². The van der Waals surface area contributed by atoms with E-state index in [1.165, 1.54) is 39.0 Å². The van der Waals surface area contributed by atoms with Crippen molar-refractivity contribution < 1.29 is 5.11 Å². The van der Waals surface area contributed by atoms with Crippen LogP contribution in [0, 0.1) is 0 Å². The van der Waals surface area contributed by atoms with E-state index >= 15 is 0 Å². The van der Waals surface area contributed by atoms with Gasteiger partial charge in [-0.3, -0.25) is 9.80 Å². The Kier molecular flexibility index (Phi) is 4.58. The summed E-state index contributed by atoms with van der Waals surface area (Å²) in [5.74, 6) is 0. The van der Waals surface area contributed by atoms with Crippen LogP contribution in [-0.4, -0.2) is 85.3 Å². The SMILES string of the molecule is CN1CCC(N2CCN(CCO)CC2)CC1. The fraction of sp³-hybridized carbons (Fsp3) is 1.00. The first-order chi connectivity index (χ1) is 7.79. The second kappa shape index (κ2) is 5.96. The molecule has 0 bridgehead atoms. The van der Waals surface area contributed by atoms with Crippen molar-refractivity contribution in [1.82, 2.24) is 14.7 Å². The fourth-order valence-corrected chi connectivity index (χ4v) is 2.85. The van der Waals surface area contributed by atoms with Crippen LogP contribution in [0.15, 0.2) is 0 Å². The van der Waals surface area contributed by atoms with Crippen molar-refractivity contribution >= 4 is 0 Å². The third kappa shape index (κ3) is 3.17. The van der Waals surface area contributed by atoms with Crippen LogP contribution in [0.3, 0.4) is 0 Å². The summed E-state index contributed by atoms with van der Waals surface area (Å²) in [5, 5.41) is 8.90. The molecule has 2 aliphatic rings. The van der Waals surface area contributed by atoms with Gasteiger partial charge in [0, 0.05) is 38.8 Å². The first kappa shape index (κ1) is 12.3.